The molecule has 9 heteroatoms. The van der Waals surface area contributed by atoms with Crippen molar-refractivity contribution in [1.82, 2.24) is 5.32 Å². The first-order chi connectivity index (χ1) is 11.9. The standard InChI is InChI=1S/C16H20N2O7/c1-3-4-10(2)17-15(19)9-25-16(20)11-7-13-14(24-6-5-23-13)8-12(11)18(21)22/h7-8,10H,3-6,9H2,1-2H3,(H,17,19)/t10-/m1/s1. The van der Waals surface area contributed by atoms with Gasteiger partial charge in [-0.05, 0) is 13.3 Å². The highest BCUT2D eigenvalue weighted by molar-refractivity contribution is 5.96. The van der Waals surface area contributed by atoms with Crippen LogP contribution in [0.2, 0.25) is 0 Å². The Kier molecular flexibility index (Phi) is 6.15. The van der Waals surface area contributed by atoms with Gasteiger partial charge in [0.25, 0.3) is 11.6 Å². The Morgan fingerprint density at radius 2 is 1.96 bits per heavy atom. The number of carbonyl (C=O) groups is 2. The lowest BCUT2D eigenvalue weighted by Crippen LogP contribution is -2.35. The van der Waals surface area contributed by atoms with Crippen molar-refractivity contribution in [3.63, 3.8) is 0 Å². The Morgan fingerprint density at radius 3 is 2.56 bits per heavy atom. The van der Waals surface area contributed by atoms with E-state index >= 15 is 0 Å². The molecule has 136 valence electrons. The molecule has 25 heavy (non-hydrogen) atoms. The van der Waals surface area contributed by atoms with Crippen LogP contribution in [0.4, 0.5) is 5.69 Å². The monoisotopic (exact) mass is 352 g/mol. The van der Waals surface area contributed by atoms with Gasteiger partial charge in [0.15, 0.2) is 18.1 Å². The first kappa shape index (κ1) is 18.5. The predicted molar refractivity (Wildman–Crippen MR) is 86.9 cm³/mol. The number of fused-ring (bicyclic) bond motifs is 1. The maximum atomic E-state index is 12.2. The molecule has 0 radical (unpaired) electrons. The summed E-state index contributed by atoms with van der Waals surface area (Å²) in [5.41, 5.74) is -0.752. The third-order valence-electron chi connectivity index (χ3n) is 3.54. The molecule has 1 aromatic rings. The molecule has 1 N–H and O–H groups in total. The summed E-state index contributed by atoms with van der Waals surface area (Å²) in [4.78, 5) is 34.4. The van der Waals surface area contributed by atoms with Crippen molar-refractivity contribution < 1.29 is 28.7 Å². The highest BCUT2D eigenvalue weighted by atomic mass is 16.6. The van der Waals surface area contributed by atoms with Crippen LogP contribution in [0, 0.1) is 10.1 Å². The van der Waals surface area contributed by atoms with E-state index in [4.69, 9.17) is 14.2 Å². The van der Waals surface area contributed by atoms with Crippen LogP contribution in [0.3, 0.4) is 0 Å². The molecule has 0 spiro atoms. The Balaban J connectivity index is 2.08. The molecule has 0 unspecified atom stereocenters. The van der Waals surface area contributed by atoms with Crippen LogP contribution >= 0.6 is 0 Å². The number of benzene rings is 1. The fourth-order valence-corrected chi connectivity index (χ4v) is 2.42. The van der Waals surface area contributed by atoms with Gasteiger partial charge in [0.05, 0.1) is 11.0 Å². The lowest BCUT2D eigenvalue weighted by atomic mass is 10.1. The smallest absolute Gasteiger partial charge is 0.345 e. The number of nitrogens with zero attached hydrogens (tertiary/aromatic N) is 1. The van der Waals surface area contributed by atoms with E-state index in [1.165, 1.54) is 6.07 Å². The third kappa shape index (κ3) is 4.82. The van der Waals surface area contributed by atoms with Crippen molar-refractivity contribution in [2.75, 3.05) is 19.8 Å². The number of hydrogen-bond acceptors (Lipinski definition) is 7. The van der Waals surface area contributed by atoms with Crippen molar-refractivity contribution in [2.24, 2.45) is 0 Å². The van der Waals surface area contributed by atoms with Crippen LogP contribution in [0.1, 0.15) is 37.0 Å². The molecule has 0 bridgehead atoms. The molecule has 1 aliphatic heterocycles. The summed E-state index contributed by atoms with van der Waals surface area (Å²) in [6, 6.07) is 2.28. The Bertz CT molecular complexity index is 675. The molecule has 0 saturated heterocycles. The van der Waals surface area contributed by atoms with Gasteiger partial charge in [0, 0.05) is 12.1 Å². The lowest BCUT2D eigenvalue weighted by molar-refractivity contribution is -0.385. The van der Waals surface area contributed by atoms with Gasteiger partial charge in [0.1, 0.15) is 18.8 Å². The molecular weight excluding hydrogens is 332 g/mol. The summed E-state index contributed by atoms with van der Waals surface area (Å²) >= 11 is 0. The summed E-state index contributed by atoms with van der Waals surface area (Å²) in [6.45, 7) is 3.86. The summed E-state index contributed by atoms with van der Waals surface area (Å²) in [6.07, 6.45) is 1.71. The molecule has 0 saturated carbocycles. The average molecular weight is 352 g/mol. The number of amides is 1. The lowest BCUT2D eigenvalue weighted by Gasteiger charge is -2.18. The van der Waals surface area contributed by atoms with Crippen LogP contribution in [-0.2, 0) is 9.53 Å². The Hall–Kier alpha value is -2.84. The second-order valence-corrected chi connectivity index (χ2v) is 5.60. The van der Waals surface area contributed by atoms with Crippen molar-refractivity contribution in [3.8, 4) is 11.5 Å². The number of hydrogen-bond donors (Lipinski definition) is 1. The topological polar surface area (TPSA) is 117 Å². The Morgan fingerprint density at radius 1 is 1.32 bits per heavy atom. The summed E-state index contributed by atoms with van der Waals surface area (Å²) in [5.74, 6) is -1.01. The van der Waals surface area contributed by atoms with E-state index < -0.39 is 29.1 Å². The van der Waals surface area contributed by atoms with Gasteiger partial charge in [-0.2, -0.15) is 0 Å². The number of nitro groups is 1. The fourth-order valence-electron chi connectivity index (χ4n) is 2.42. The number of rotatable bonds is 7. The van der Waals surface area contributed by atoms with E-state index in [9.17, 15) is 19.7 Å². The van der Waals surface area contributed by atoms with Crippen LogP contribution < -0.4 is 14.8 Å². The van der Waals surface area contributed by atoms with E-state index in [1.807, 2.05) is 13.8 Å². The second-order valence-electron chi connectivity index (χ2n) is 5.60. The van der Waals surface area contributed by atoms with Crippen LogP contribution in [0.25, 0.3) is 0 Å². The maximum absolute atomic E-state index is 12.2. The van der Waals surface area contributed by atoms with Gasteiger partial charge in [-0.25, -0.2) is 4.79 Å². The van der Waals surface area contributed by atoms with Crippen molar-refractivity contribution >= 4 is 17.6 Å². The number of ether oxygens (including phenoxy) is 3. The number of esters is 1. The normalized spacial score (nSPS) is 13.7. The number of nitrogens with one attached hydrogen (secondary N) is 1. The van der Waals surface area contributed by atoms with Crippen LogP contribution in [-0.4, -0.2) is 42.7 Å². The molecule has 1 atom stereocenters. The quantitative estimate of drug-likeness (QED) is 0.452. The molecule has 0 aliphatic carbocycles. The zero-order valence-electron chi connectivity index (χ0n) is 14.1. The predicted octanol–water partition coefficient (Wildman–Crippen LogP) is 1.83. The minimum atomic E-state index is -0.970. The molecule has 1 heterocycles. The minimum absolute atomic E-state index is 0.0418. The summed E-state index contributed by atoms with van der Waals surface area (Å²) in [5, 5.41) is 13.9. The summed E-state index contributed by atoms with van der Waals surface area (Å²) < 4.78 is 15.5. The number of carbonyl (C=O) groups excluding carboxylic acids is 2. The highest BCUT2D eigenvalue weighted by Crippen LogP contribution is 2.36. The maximum Gasteiger partial charge on any atom is 0.345 e. The first-order valence-corrected chi connectivity index (χ1v) is 7.97. The molecule has 1 aliphatic rings. The molecule has 2 rings (SSSR count). The van der Waals surface area contributed by atoms with Crippen molar-refractivity contribution in [3.05, 3.63) is 27.8 Å². The van der Waals surface area contributed by atoms with E-state index in [0.29, 0.717) is 0 Å². The second kappa shape index (κ2) is 8.32. The molecule has 0 fully saturated rings. The largest absolute Gasteiger partial charge is 0.486 e. The van der Waals surface area contributed by atoms with Crippen LogP contribution in [0.15, 0.2) is 12.1 Å². The van der Waals surface area contributed by atoms with Crippen LogP contribution in [0.5, 0.6) is 11.5 Å². The van der Waals surface area contributed by atoms with Gasteiger partial charge in [-0.15, -0.1) is 0 Å². The zero-order valence-corrected chi connectivity index (χ0v) is 14.1. The van der Waals surface area contributed by atoms with E-state index in [1.54, 1.807) is 0 Å². The Labute approximate surface area is 144 Å². The van der Waals surface area contributed by atoms with E-state index in [-0.39, 0.29) is 36.3 Å². The molecular formula is C16H20N2O7. The molecule has 9 nitrogen and oxygen atoms in total. The average Bonchev–Trinajstić information content (AvgIpc) is 2.58. The van der Waals surface area contributed by atoms with Gasteiger partial charge in [0.2, 0.25) is 0 Å². The third-order valence-corrected chi connectivity index (χ3v) is 3.54. The SMILES string of the molecule is CCC[C@@H](C)NC(=O)COC(=O)c1cc2c(cc1[N+](=O)[O-])OCCO2. The van der Waals surface area contributed by atoms with E-state index in [0.717, 1.165) is 18.9 Å². The van der Waals surface area contributed by atoms with Crippen molar-refractivity contribution in [2.45, 2.75) is 32.7 Å². The number of nitro benzene ring substituents is 1. The molecule has 1 amide bonds. The minimum Gasteiger partial charge on any atom is -0.486 e. The summed E-state index contributed by atoms with van der Waals surface area (Å²) in [7, 11) is 0. The van der Waals surface area contributed by atoms with Crippen molar-refractivity contribution in [1.29, 1.82) is 0 Å². The van der Waals surface area contributed by atoms with Gasteiger partial charge in [-0.3, -0.25) is 14.9 Å². The fraction of sp³-hybridized carbons (Fsp3) is 0.500. The zero-order chi connectivity index (χ0) is 18.4. The first-order valence-electron chi connectivity index (χ1n) is 7.97. The van der Waals surface area contributed by atoms with Gasteiger partial charge >= 0.3 is 5.97 Å². The van der Waals surface area contributed by atoms with E-state index in [2.05, 4.69) is 5.32 Å². The van der Waals surface area contributed by atoms with Gasteiger partial charge in [-0.1, -0.05) is 13.3 Å². The molecule has 1 aromatic carbocycles. The highest BCUT2D eigenvalue weighted by Gasteiger charge is 2.27. The molecule has 0 aromatic heterocycles. The van der Waals surface area contributed by atoms with Gasteiger partial charge < -0.3 is 19.5 Å².